The number of nitrogens with one attached hydrogen (secondary N) is 1. The van der Waals surface area contributed by atoms with E-state index in [2.05, 4.69) is 11.4 Å². The number of fused-ring (bicyclic) bond motifs is 1. The fourth-order valence-corrected chi connectivity index (χ4v) is 1.99. The fourth-order valence-electron chi connectivity index (χ4n) is 1.99. The Morgan fingerprint density at radius 2 is 2.27 bits per heavy atom. The molecule has 1 N–H and O–H groups in total. The van der Waals surface area contributed by atoms with Crippen molar-refractivity contribution in [2.75, 3.05) is 25.5 Å². The Morgan fingerprint density at radius 3 is 2.93 bits per heavy atom. The number of hydrogen-bond acceptors (Lipinski definition) is 2. The number of hydrogen-bond donors (Lipinski definition) is 1. The highest BCUT2D eigenvalue weighted by molar-refractivity contribution is 5.97. The van der Waals surface area contributed by atoms with Gasteiger partial charge < -0.3 is 10.2 Å². The van der Waals surface area contributed by atoms with Gasteiger partial charge in [-0.15, -0.1) is 0 Å². The van der Waals surface area contributed by atoms with Gasteiger partial charge in [0.05, 0.1) is 0 Å². The summed E-state index contributed by atoms with van der Waals surface area (Å²) >= 11 is 0. The molecular formula is C12H16N2O. The van der Waals surface area contributed by atoms with Gasteiger partial charge in [0, 0.05) is 31.4 Å². The lowest BCUT2D eigenvalue weighted by Crippen LogP contribution is -2.37. The summed E-state index contributed by atoms with van der Waals surface area (Å²) in [5.74, 6) is 0.168. The summed E-state index contributed by atoms with van der Waals surface area (Å²) < 4.78 is 0. The Kier molecular flexibility index (Phi) is 2.62. The van der Waals surface area contributed by atoms with Crippen LogP contribution in [0.5, 0.6) is 0 Å². The van der Waals surface area contributed by atoms with Crippen molar-refractivity contribution in [2.45, 2.75) is 13.3 Å². The molecule has 0 spiro atoms. The second-order valence-corrected chi connectivity index (χ2v) is 3.76. The molecule has 3 nitrogen and oxygen atoms in total. The maximum Gasteiger partial charge on any atom is 0.254 e. The van der Waals surface area contributed by atoms with Crippen LogP contribution in [0.25, 0.3) is 0 Å². The molecular weight excluding hydrogens is 188 g/mol. The standard InChI is InChI=1S/C12H16N2O/c1-3-14-7-6-9-8-10(13-2)4-5-11(9)12(14)15/h4-5,8,13H,3,6-7H2,1-2H3. The molecule has 0 bridgehead atoms. The fraction of sp³-hybridized carbons (Fsp3) is 0.417. The normalized spacial score (nSPS) is 15.1. The van der Waals surface area contributed by atoms with E-state index in [0.29, 0.717) is 0 Å². The zero-order chi connectivity index (χ0) is 10.8. The van der Waals surface area contributed by atoms with Gasteiger partial charge in [0.15, 0.2) is 0 Å². The van der Waals surface area contributed by atoms with Crippen LogP contribution >= 0.6 is 0 Å². The first-order chi connectivity index (χ1) is 7.26. The van der Waals surface area contributed by atoms with Crippen LogP contribution in [0.4, 0.5) is 5.69 Å². The van der Waals surface area contributed by atoms with Gasteiger partial charge in [-0.3, -0.25) is 4.79 Å². The van der Waals surface area contributed by atoms with Crippen LogP contribution < -0.4 is 5.32 Å². The van der Waals surface area contributed by atoms with E-state index in [9.17, 15) is 4.79 Å². The zero-order valence-corrected chi connectivity index (χ0v) is 9.21. The van der Waals surface area contributed by atoms with Crippen molar-refractivity contribution in [3.05, 3.63) is 29.3 Å². The molecule has 0 fully saturated rings. The molecule has 15 heavy (non-hydrogen) atoms. The van der Waals surface area contributed by atoms with Crippen molar-refractivity contribution >= 4 is 11.6 Å². The number of nitrogens with zero attached hydrogens (tertiary/aromatic N) is 1. The Labute approximate surface area is 90.1 Å². The van der Waals surface area contributed by atoms with Gasteiger partial charge in [-0.1, -0.05) is 0 Å². The third-order valence-corrected chi connectivity index (χ3v) is 2.94. The monoisotopic (exact) mass is 204 g/mol. The number of amides is 1. The molecule has 0 atom stereocenters. The minimum atomic E-state index is 0.168. The smallest absolute Gasteiger partial charge is 0.254 e. The van der Waals surface area contributed by atoms with Crippen molar-refractivity contribution in [2.24, 2.45) is 0 Å². The lowest BCUT2D eigenvalue weighted by molar-refractivity contribution is 0.0749. The SMILES string of the molecule is CCN1CCc2cc(NC)ccc2C1=O. The number of carbonyl (C=O) groups is 1. The topological polar surface area (TPSA) is 32.3 Å². The second-order valence-electron chi connectivity index (χ2n) is 3.76. The van der Waals surface area contributed by atoms with Crippen molar-refractivity contribution in [1.29, 1.82) is 0 Å². The van der Waals surface area contributed by atoms with E-state index in [-0.39, 0.29) is 5.91 Å². The van der Waals surface area contributed by atoms with Crippen LogP contribution in [-0.2, 0) is 6.42 Å². The number of likely N-dealkylation sites (N-methyl/N-ethyl adjacent to an activating group) is 1. The number of carbonyl (C=O) groups excluding carboxylic acids is 1. The van der Waals surface area contributed by atoms with Crippen LogP contribution in [0.2, 0.25) is 0 Å². The first-order valence-electron chi connectivity index (χ1n) is 5.36. The first kappa shape index (κ1) is 10.0. The predicted octanol–water partition coefficient (Wildman–Crippen LogP) is 1.75. The Bertz CT molecular complexity index is 387. The molecule has 0 saturated heterocycles. The molecule has 1 amide bonds. The van der Waals surface area contributed by atoms with E-state index >= 15 is 0 Å². The Morgan fingerprint density at radius 1 is 1.47 bits per heavy atom. The van der Waals surface area contributed by atoms with E-state index < -0.39 is 0 Å². The molecule has 0 aromatic heterocycles. The maximum atomic E-state index is 12.0. The number of benzene rings is 1. The van der Waals surface area contributed by atoms with Crippen LogP contribution in [0, 0.1) is 0 Å². The molecule has 1 aliphatic rings. The highest BCUT2D eigenvalue weighted by Crippen LogP contribution is 2.22. The lowest BCUT2D eigenvalue weighted by atomic mass is 9.98. The summed E-state index contributed by atoms with van der Waals surface area (Å²) in [6.07, 6.45) is 0.963. The Balaban J connectivity index is 2.37. The van der Waals surface area contributed by atoms with Gasteiger partial charge in [-0.2, -0.15) is 0 Å². The summed E-state index contributed by atoms with van der Waals surface area (Å²) in [7, 11) is 1.89. The third kappa shape index (κ3) is 1.69. The van der Waals surface area contributed by atoms with Crippen LogP contribution in [0.15, 0.2) is 18.2 Å². The molecule has 0 aliphatic carbocycles. The van der Waals surface area contributed by atoms with E-state index in [1.165, 1.54) is 0 Å². The molecule has 1 aromatic carbocycles. The van der Waals surface area contributed by atoms with Crippen molar-refractivity contribution in [3.63, 3.8) is 0 Å². The molecule has 1 aliphatic heterocycles. The molecule has 80 valence electrons. The van der Waals surface area contributed by atoms with Crippen molar-refractivity contribution in [3.8, 4) is 0 Å². The van der Waals surface area contributed by atoms with E-state index in [1.807, 2.05) is 31.0 Å². The van der Waals surface area contributed by atoms with E-state index in [4.69, 9.17) is 0 Å². The summed E-state index contributed by atoms with van der Waals surface area (Å²) in [5.41, 5.74) is 3.10. The van der Waals surface area contributed by atoms with Crippen LogP contribution in [0.1, 0.15) is 22.8 Å². The molecule has 2 rings (SSSR count). The van der Waals surface area contributed by atoms with Crippen molar-refractivity contribution in [1.82, 2.24) is 4.90 Å². The molecule has 1 heterocycles. The summed E-state index contributed by atoms with van der Waals surface area (Å²) in [5, 5.41) is 3.09. The summed E-state index contributed by atoms with van der Waals surface area (Å²) in [6.45, 7) is 3.66. The van der Waals surface area contributed by atoms with Gasteiger partial charge in [0.1, 0.15) is 0 Å². The van der Waals surface area contributed by atoms with Gasteiger partial charge in [0.2, 0.25) is 0 Å². The first-order valence-corrected chi connectivity index (χ1v) is 5.36. The molecule has 0 radical (unpaired) electrons. The maximum absolute atomic E-state index is 12.0. The third-order valence-electron chi connectivity index (χ3n) is 2.94. The highest BCUT2D eigenvalue weighted by Gasteiger charge is 2.22. The number of rotatable bonds is 2. The molecule has 0 saturated carbocycles. The quantitative estimate of drug-likeness (QED) is 0.796. The average molecular weight is 204 g/mol. The van der Waals surface area contributed by atoms with Gasteiger partial charge >= 0.3 is 0 Å². The number of anilines is 1. The summed E-state index contributed by atoms with van der Waals surface area (Å²) in [4.78, 5) is 13.8. The minimum absolute atomic E-state index is 0.168. The minimum Gasteiger partial charge on any atom is -0.388 e. The largest absolute Gasteiger partial charge is 0.388 e. The Hall–Kier alpha value is -1.51. The van der Waals surface area contributed by atoms with Crippen molar-refractivity contribution < 1.29 is 4.79 Å². The summed E-state index contributed by atoms with van der Waals surface area (Å²) in [6, 6.07) is 5.95. The molecule has 1 aromatic rings. The molecule has 3 heteroatoms. The predicted molar refractivity (Wildman–Crippen MR) is 61.3 cm³/mol. The van der Waals surface area contributed by atoms with Gasteiger partial charge in [-0.05, 0) is 37.1 Å². The van der Waals surface area contributed by atoms with Crippen LogP contribution in [0.3, 0.4) is 0 Å². The average Bonchev–Trinajstić information content (AvgIpc) is 2.29. The van der Waals surface area contributed by atoms with Gasteiger partial charge in [0.25, 0.3) is 5.91 Å². The van der Waals surface area contributed by atoms with Crippen LogP contribution in [-0.4, -0.2) is 30.9 Å². The molecule has 0 unspecified atom stereocenters. The lowest BCUT2D eigenvalue weighted by Gasteiger charge is -2.27. The van der Waals surface area contributed by atoms with Gasteiger partial charge in [-0.25, -0.2) is 0 Å². The zero-order valence-electron chi connectivity index (χ0n) is 9.21. The highest BCUT2D eigenvalue weighted by atomic mass is 16.2. The second kappa shape index (κ2) is 3.93. The van der Waals surface area contributed by atoms with E-state index in [0.717, 1.165) is 36.3 Å². The van der Waals surface area contributed by atoms with E-state index in [1.54, 1.807) is 0 Å².